The maximum Gasteiger partial charge on any atom is 0.245 e. The number of nitrogen functional groups attached to an aromatic ring is 1. The molecule has 2 aromatic rings. The topological polar surface area (TPSA) is 111 Å². The zero-order chi connectivity index (χ0) is 26.9. The van der Waals surface area contributed by atoms with Gasteiger partial charge < -0.3 is 26.0 Å². The summed E-state index contributed by atoms with van der Waals surface area (Å²) in [6.45, 7) is 14.1. The standard InChI is InChI=1S/C28H37ClN6O2/c1-6-22(37)33-14-28(15-33)10-18(11-28)35-17(3)23(24-20(13-30)21(31)9-16(2)25(24)29)26(32-35)34-8-7-19(36)12-27(34,4)5/h6,9,13,18-19,30,36H,1,7-8,10-12,14-15,31H2,2-5H3. The van der Waals surface area contributed by atoms with Crippen LogP contribution in [0.5, 0.6) is 0 Å². The first-order valence-corrected chi connectivity index (χ1v) is 13.3. The lowest BCUT2D eigenvalue weighted by Gasteiger charge is -2.58. The molecule has 37 heavy (non-hydrogen) atoms. The third kappa shape index (κ3) is 4.05. The van der Waals surface area contributed by atoms with Gasteiger partial charge in [0.1, 0.15) is 0 Å². The van der Waals surface area contributed by atoms with Crippen LogP contribution in [0.2, 0.25) is 5.02 Å². The molecule has 3 heterocycles. The van der Waals surface area contributed by atoms with E-state index in [1.54, 1.807) is 0 Å². The molecule has 1 amide bonds. The zero-order valence-electron chi connectivity index (χ0n) is 22.1. The number of likely N-dealkylation sites (tertiary alicyclic amines) is 1. The summed E-state index contributed by atoms with van der Waals surface area (Å²) in [5.41, 5.74) is 10.8. The number of nitrogens with zero attached hydrogens (tertiary/aromatic N) is 4. The fourth-order valence-electron chi connectivity index (χ4n) is 6.76. The van der Waals surface area contributed by atoms with Crippen LogP contribution in [0.1, 0.15) is 62.4 Å². The number of amides is 1. The van der Waals surface area contributed by atoms with E-state index < -0.39 is 0 Å². The van der Waals surface area contributed by atoms with E-state index in [1.807, 2.05) is 17.9 Å². The molecule has 8 nitrogen and oxygen atoms in total. The summed E-state index contributed by atoms with van der Waals surface area (Å²) in [7, 11) is 0. The SMILES string of the molecule is C=CC(=O)N1CC2(CC(n3nc(N4CCC(O)CC4(C)C)c(-c4c(Cl)c(C)cc(N)c4C=N)c3C)C2)C1. The van der Waals surface area contributed by atoms with Crippen molar-refractivity contribution >= 4 is 35.2 Å². The van der Waals surface area contributed by atoms with Crippen LogP contribution in [-0.4, -0.2) is 63.2 Å². The van der Waals surface area contributed by atoms with Crippen molar-refractivity contribution in [2.45, 2.75) is 71.1 Å². The van der Waals surface area contributed by atoms with Crippen LogP contribution < -0.4 is 10.6 Å². The number of nitrogens with two attached hydrogens (primary N) is 1. The zero-order valence-corrected chi connectivity index (χ0v) is 22.9. The summed E-state index contributed by atoms with van der Waals surface area (Å²) in [6, 6.07) is 2.03. The van der Waals surface area contributed by atoms with Crippen molar-refractivity contribution < 1.29 is 9.90 Å². The van der Waals surface area contributed by atoms with Gasteiger partial charge in [0.05, 0.1) is 17.2 Å². The molecule has 4 N–H and O–H groups in total. The largest absolute Gasteiger partial charge is 0.398 e. The van der Waals surface area contributed by atoms with E-state index in [0.717, 1.165) is 54.1 Å². The average molecular weight is 525 g/mol. The van der Waals surface area contributed by atoms with Crippen molar-refractivity contribution in [3.8, 4) is 11.1 Å². The van der Waals surface area contributed by atoms with E-state index in [4.69, 9.17) is 27.8 Å². The highest BCUT2D eigenvalue weighted by atomic mass is 35.5. The van der Waals surface area contributed by atoms with Gasteiger partial charge in [-0.2, -0.15) is 5.10 Å². The number of anilines is 2. The Morgan fingerprint density at radius 2 is 1.95 bits per heavy atom. The Hall–Kier alpha value is -2.84. The number of aliphatic hydroxyl groups is 1. The highest BCUT2D eigenvalue weighted by molar-refractivity contribution is 6.35. The molecule has 0 radical (unpaired) electrons. The third-order valence-corrected chi connectivity index (χ3v) is 9.16. The molecule has 1 spiro atoms. The van der Waals surface area contributed by atoms with E-state index >= 15 is 0 Å². The number of halogens is 1. The van der Waals surface area contributed by atoms with Crippen molar-refractivity contribution in [1.29, 1.82) is 5.41 Å². The number of carbonyl (C=O) groups excluding carboxylic acids is 1. The summed E-state index contributed by atoms with van der Waals surface area (Å²) in [5, 5.41) is 24.3. The van der Waals surface area contributed by atoms with E-state index in [2.05, 4.69) is 36.9 Å². The lowest BCUT2D eigenvalue weighted by atomic mass is 9.60. The minimum atomic E-state index is -0.348. The number of piperidine rings is 1. The van der Waals surface area contributed by atoms with Crippen LogP contribution in [0.3, 0.4) is 0 Å². The number of carbonyl (C=O) groups is 1. The number of hydrogen-bond donors (Lipinski definition) is 3. The molecule has 5 rings (SSSR count). The molecule has 2 saturated heterocycles. The molecule has 1 aromatic carbocycles. The molecule has 3 fully saturated rings. The van der Waals surface area contributed by atoms with Crippen LogP contribution in [0, 0.1) is 24.7 Å². The van der Waals surface area contributed by atoms with Gasteiger partial charge in [-0.05, 0) is 71.1 Å². The number of aryl methyl sites for hydroxylation is 1. The first kappa shape index (κ1) is 25.8. The van der Waals surface area contributed by atoms with Crippen LogP contribution in [-0.2, 0) is 4.79 Å². The van der Waals surface area contributed by atoms with E-state index in [-0.39, 0.29) is 29.0 Å². The van der Waals surface area contributed by atoms with E-state index in [9.17, 15) is 9.90 Å². The van der Waals surface area contributed by atoms with Gasteiger partial charge in [0, 0.05) is 64.9 Å². The highest BCUT2D eigenvalue weighted by Crippen LogP contribution is 2.55. The van der Waals surface area contributed by atoms with Crippen molar-refractivity contribution in [1.82, 2.24) is 14.7 Å². The molecule has 1 aromatic heterocycles. The molecule has 1 aliphatic carbocycles. The van der Waals surface area contributed by atoms with Gasteiger partial charge in [-0.25, -0.2) is 0 Å². The van der Waals surface area contributed by atoms with E-state index in [1.165, 1.54) is 12.3 Å². The highest BCUT2D eigenvalue weighted by Gasteiger charge is 2.54. The molecular weight excluding hydrogens is 488 g/mol. The lowest BCUT2D eigenvalue weighted by molar-refractivity contribution is -0.149. The molecule has 198 valence electrons. The lowest BCUT2D eigenvalue weighted by Crippen LogP contribution is -2.63. The van der Waals surface area contributed by atoms with Crippen LogP contribution in [0.4, 0.5) is 11.5 Å². The molecule has 3 aliphatic rings. The maximum atomic E-state index is 12.0. The smallest absolute Gasteiger partial charge is 0.245 e. The fourth-order valence-corrected chi connectivity index (χ4v) is 7.01. The Labute approximate surface area is 223 Å². The second-order valence-corrected chi connectivity index (χ2v) is 12.2. The van der Waals surface area contributed by atoms with Crippen molar-refractivity contribution in [2.24, 2.45) is 5.41 Å². The molecule has 2 aliphatic heterocycles. The Balaban J connectivity index is 1.59. The van der Waals surface area contributed by atoms with Gasteiger partial charge in [0.15, 0.2) is 5.82 Å². The minimum absolute atomic E-state index is 0.00529. The Morgan fingerprint density at radius 3 is 2.54 bits per heavy atom. The van der Waals surface area contributed by atoms with E-state index in [0.29, 0.717) is 35.7 Å². The van der Waals surface area contributed by atoms with Crippen molar-refractivity contribution in [3.05, 3.63) is 40.6 Å². The number of nitrogens with one attached hydrogen (secondary N) is 1. The van der Waals surface area contributed by atoms with Gasteiger partial charge in [0.2, 0.25) is 5.91 Å². The third-order valence-electron chi connectivity index (χ3n) is 8.67. The normalized spacial score (nSPS) is 22.5. The Kier molecular flexibility index (Phi) is 6.19. The molecule has 1 saturated carbocycles. The number of aliphatic hydroxyl groups excluding tert-OH is 1. The average Bonchev–Trinajstić information content (AvgIpc) is 3.09. The fraction of sp³-hybridized carbons (Fsp3) is 0.536. The number of aromatic nitrogens is 2. The Morgan fingerprint density at radius 1 is 1.27 bits per heavy atom. The monoisotopic (exact) mass is 524 g/mol. The first-order valence-electron chi connectivity index (χ1n) is 13.0. The van der Waals surface area contributed by atoms with Gasteiger partial charge in [-0.3, -0.25) is 9.48 Å². The van der Waals surface area contributed by atoms with Gasteiger partial charge in [-0.1, -0.05) is 18.2 Å². The van der Waals surface area contributed by atoms with Gasteiger partial charge in [-0.15, -0.1) is 0 Å². The maximum absolute atomic E-state index is 12.0. The van der Waals surface area contributed by atoms with Crippen LogP contribution in [0.25, 0.3) is 11.1 Å². The van der Waals surface area contributed by atoms with Gasteiger partial charge >= 0.3 is 0 Å². The van der Waals surface area contributed by atoms with Crippen LogP contribution in [0.15, 0.2) is 18.7 Å². The molecular formula is C28H37ClN6O2. The van der Waals surface area contributed by atoms with Crippen molar-refractivity contribution in [3.63, 3.8) is 0 Å². The summed E-state index contributed by atoms with van der Waals surface area (Å²) in [5.74, 6) is 0.816. The summed E-state index contributed by atoms with van der Waals surface area (Å²) < 4.78 is 2.12. The number of benzene rings is 1. The minimum Gasteiger partial charge on any atom is -0.398 e. The molecule has 1 atom stereocenters. The molecule has 9 heteroatoms. The summed E-state index contributed by atoms with van der Waals surface area (Å²) in [6.07, 6.45) is 5.53. The quantitative estimate of drug-likeness (QED) is 0.303. The van der Waals surface area contributed by atoms with Crippen LogP contribution >= 0.6 is 11.6 Å². The second kappa shape index (κ2) is 8.88. The Bertz CT molecular complexity index is 1280. The predicted octanol–water partition coefficient (Wildman–Crippen LogP) is 4.49. The number of hydrogen-bond acceptors (Lipinski definition) is 6. The molecule has 1 unspecified atom stereocenters. The van der Waals surface area contributed by atoms with Gasteiger partial charge in [0.25, 0.3) is 0 Å². The molecule has 0 bridgehead atoms. The second-order valence-electron chi connectivity index (χ2n) is 11.8. The van der Waals surface area contributed by atoms with Crippen molar-refractivity contribution in [2.75, 3.05) is 30.3 Å². The summed E-state index contributed by atoms with van der Waals surface area (Å²) >= 11 is 6.93. The summed E-state index contributed by atoms with van der Waals surface area (Å²) in [4.78, 5) is 16.1. The first-order chi connectivity index (χ1) is 17.4. The number of rotatable bonds is 5. The predicted molar refractivity (Wildman–Crippen MR) is 149 cm³/mol.